The summed E-state index contributed by atoms with van der Waals surface area (Å²) in [5.74, 6) is 1.93. The molecular weight excluding hydrogens is 234 g/mol. The molecule has 2 unspecified atom stereocenters. The molecule has 1 aromatic heterocycles. The standard InChI is InChI=1S/C16H27N3/c1-4-10-17-11-15-6-5-7-16(18-15)19-12-13(2)8-9-14(19)3/h5-7,13-14,17H,4,8-12H2,1-3H3. The van der Waals surface area contributed by atoms with Crippen LogP contribution in [0.2, 0.25) is 0 Å². The lowest BCUT2D eigenvalue weighted by Gasteiger charge is -2.37. The highest BCUT2D eigenvalue weighted by Gasteiger charge is 2.23. The molecule has 0 saturated carbocycles. The minimum atomic E-state index is 0.613. The third-order valence-electron chi connectivity index (χ3n) is 3.94. The van der Waals surface area contributed by atoms with Crippen LogP contribution in [0, 0.1) is 5.92 Å². The van der Waals surface area contributed by atoms with Crippen LogP contribution in [0.5, 0.6) is 0 Å². The maximum Gasteiger partial charge on any atom is 0.129 e. The van der Waals surface area contributed by atoms with Gasteiger partial charge in [0.05, 0.1) is 5.69 Å². The van der Waals surface area contributed by atoms with E-state index in [4.69, 9.17) is 4.98 Å². The van der Waals surface area contributed by atoms with Gasteiger partial charge in [0.1, 0.15) is 5.82 Å². The molecule has 1 aliphatic rings. The highest BCUT2D eigenvalue weighted by molar-refractivity contribution is 5.41. The summed E-state index contributed by atoms with van der Waals surface area (Å²) in [7, 11) is 0. The highest BCUT2D eigenvalue weighted by Crippen LogP contribution is 2.26. The van der Waals surface area contributed by atoms with Crippen LogP contribution in [0.25, 0.3) is 0 Å². The molecule has 2 atom stereocenters. The minimum absolute atomic E-state index is 0.613. The Morgan fingerprint density at radius 3 is 2.95 bits per heavy atom. The second-order valence-corrected chi connectivity index (χ2v) is 5.85. The molecular formula is C16H27N3. The van der Waals surface area contributed by atoms with Gasteiger partial charge >= 0.3 is 0 Å². The van der Waals surface area contributed by atoms with E-state index >= 15 is 0 Å². The fourth-order valence-electron chi connectivity index (χ4n) is 2.73. The Labute approximate surface area is 117 Å². The third kappa shape index (κ3) is 3.93. The number of nitrogens with zero attached hydrogens (tertiary/aromatic N) is 2. The Morgan fingerprint density at radius 2 is 2.16 bits per heavy atom. The van der Waals surface area contributed by atoms with E-state index in [0.717, 1.165) is 37.1 Å². The molecule has 1 saturated heterocycles. The van der Waals surface area contributed by atoms with Crippen molar-refractivity contribution in [1.82, 2.24) is 10.3 Å². The summed E-state index contributed by atoms with van der Waals surface area (Å²) in [5.41, 5.74) is 1.15. The molecule has 0 radical (unpaired) electrons. The second kappa shape index (κ2) is 6.90. The average Bonchev–Trinajstić information content (AvgIpc) is 2.42. The molecule has 19 heavy (non-hydrogen) atoms. The number of pyridine rings is 1. The second-order valence-electron chi connectivity index (χ2n) is 5.85. The van der Waals surface area contributed by atoms with Crippen LogP contribution in [0.15, 0.2) is 18.2 Å². The Kier molecular flexibility index (Phi) is 5.20. The summed E-state index contributed by atoms with van der Waals surface area (Å²) in [6, 6.07) is 7.02. The number of anilines is 1. The van der Waals surface area contributed by atoms with Crippen LogP contribution in [-0.4, -0.2) is 24.1 Å². The molecule has 3 nitrogen and oxygen atoms in total. The molecule has 2 rings (SSSR count). The van der Waals surface area contributed by atoms with Gasteiger partial charge in [-0.15, -0.1) is 0 Å². The van der Waals surface area contributed by atoms with Gasteiger partial charge in [0.25, 0.3) is 0 Å². The molecule has 1 fully saturated rings. The van der Waals surface area contributed by atoms with Gasteiger partial charge in [-0.3, -0.25) is 0 Å². The Balaban J connectivity index is 2.04. The minimum Gasteiger partial charge on any atom is -0.354 e. The molecule has 106 valence electrons. The predicted octanol–water partition coefficient (Wildman–Crippen LogP) is 3.21. The van der Waals surface area contributed by atoms with Gasteiger partial charge in [0.15, 0.2) is 0 Å². The van der Waals surface area contributed by atoms with Gasteiger partial charge in [-0.2, -0.15) is 0 Å². The maximum atomic E-state index is 4.82. The molecule has 0 aliphatic carbocycles. The summed E-state index contributed by atoms with van der Waals surface area (Å²) in [6.45, 7) is 9.91. The van der Waals surface area contributed by atoms with Crippen LogP contribution < -0.4 is 10.2 Å². The average molecular weight is 261 g/mol. The van der Waals surface area contributed by atoms with Crippen molar-refractivity contribution in [2.24, 2.45) is 5.92 Å². The fraction of sp³-hybridized carbons (Fsp3) is 0.688. The summed E-state index contributed by atoms with van der Waals surface area (Å²) in [5, 5.41) is 3.42. The molecule has 1 aliphatic heterocycles. The van der Waals surface area contributed by atoms with E-state index in [-0.39, 0.29) is 0 Å². The van der Waals surface area contributed by atoms with Crippen molar-refractivity contribution in [3.63, 3.8) is 0 Å². The van der Waals surface area contributed by atoms with Gasteiger partial charge in [-0.25, -0.2) is 4.98 Å². The first-order chi connectivity index (χ1) is 9.20. The first-order valence-corrected chi connectivity index (χ1v) is 7.64. The maximum absolute atomic E-state index is 4.82. The van der Waals surface area contributed by atoms with Crippen LogP contribution >= 0.6 is 0 Å². The van der Waals surface area contributed by atoms with E-state index in [1.54, 1.807) is 0 Å². The smallest absolute Gasteiger partial charge is 0.129 e. The monoisotopic (exact) mass is 261 g/mol. The first-order valence-electron chi connectivity index (χ1n) is 7.64. The Morgan fingerprint density at radius 1 is 1.32 bits per heavy atom. The van der Waals surface area contributed by atoms with E-state index < -0.39 is 0 Å². The van der Waals surface area contributed by atoms with E-state index in [9.17, 15) is 0 Å². The molecule has 0 amide bonds. The number of piperidine rings is 1. The van der Waals surface area contributed by atoms with E-state index in [1.807, 2.05) is 0 Å². The molecule has 2 heterocycles. The lowest BCUT2D eigenvalue weighted by molar-refractivity contribution is 0.388. The van der Waals surface area contributed by atoms with Gasteiger partial charge in [0.2, 0.25) is 0 Å². The van der Waals surface area contributed by atoms with Gasteiger partial charge in [0, 0.05) is 19.1 Å². The summed E-state index contributed by atoms with van der Waals surface area (Å²) >= 11 is 0. The van der Waals surface area contributed by atoms with Crippen LogP contribution in [0.3, 0.4) is 0 Å². The van der Waals surface area contributed by atoms with Crippen LogP contribution in [0.4, 0.5) is 5.82 Å². The van der Waals surface area contributed by atoms with Crippen molar-refractivity contribution in [1.29, 1.82) is 0 Å². The van der Waals surface area contributed by atoms with Crippen molar-refractivity contribution in [3.8, 4) is 0 Å². The number of rotatable bonds is 5. The van der Waals surface area contributed by atoms with Gasteiger partial charge < -0.3 is 10.2 Å². The Bertz CT molecular complexity index is 391. The van der Waals surface area contributed by atoms with Crippen molar-refractivity contribution in [2.45, 2.75) is 52.6 Å². The number of aromatic nitrogens is 1. The SMILES string of the molecule is CCCNCc1cccc(N2CC(C)CCC2C)n1. The normalized spacial score (nSPS) is 23.6. The van der Waals surface area contributed by atoms with Crippen molar-refractivity contribution in [2.75, 3.05) is 18.0 Å². The van der Waals surface area contributed by atoms with Crippen molar-refractivity contribution >= 4 is 5.82 Å². The van der Waals surface area contributed by atoms with Crippen molar-refractivity contribution < 1.29 is 0 Å². The largest absolute Gasteiger partial charge is 0.354 e. The fourth-order valence-corrected chi connectivity index (χ4v) is 2.73. The van der Waals surface area contributed by atoms with E-state index in [2.05, 4.69) is 49.2 Å². The van der Waals surface area contributed by atoms with Gasteiger partial charge in [-0.1, -0.05) is 19.9 Å². The Hall–Kier alpha value is -1.09. The summed E-state index contributed by atoms with van der Waals surface area (Å²) in [4.78, 5) is 7.29. The summed E-state index contributed by atoms with van der Waals surface area (Å²) < 4.78 is 0. The molecule has 0 bridgehead atoms. The van der Waals surface area contributed by atoms with E-state index in [1.165, 1.54) is 19.3 Å². The zero-order chi connectivity index (χ0) is 13.7. The van der Waals surface area contributed by atoms with Crippen molar-refractivity contribution in [3.05, 3.63) is 23.9 Å². The molecule has 0 aromatic carbocycles. The molecule has 1 aromatic rings. The third-order valence-corrected chi connectivity index (χ3v) is 3.94. The van der Waals surface area contributed by atoms with Crippen LogP contribution in [-0.2, 0) is 6.54 Å². The lowest BCUT2D eigenvalue weighted by Crippen LogP contribution is -2.41. The number of nitrogens with one attached hydrogen (secondary N) is 1. The zero-order valence-corrected chi connectivity index (χ0v) is 12.5. The predicted molar refractivity (Wildman–Crippen MR) is 81.4 cm³/mol. The highest BCUT2D eigenvalue weighted by atomic mass is 15.2. The molecule has 3 heteroatoms. The zero-order valence-electron chi connectivity index (χ0n) is 12.5. The van der Waals surface area contributed by atoms with Gasteiger partial charge in [-0.05, 0) is 50.8 Å². The lowest BCUT2D eigenvalue weighted by atomic mass is 9.95. The quantitative estimate of drug-likeness (QED) is 0.825. The first kappa shape index (κ1) is 14.3. The number of hydrogen-bond donors (Lipinski definition) is 1. The molecule has 1 N–H and O–H groups in total. The van der Waals surface area contributed by atoms with E-state index in [0.29, 0.717) is 6.04 Å². The van der Waals surface area contributed by atoms with Crippen LogP contribution in [0.1, 0.15) is 45.7 Å². The number of hydrogen-bond acceptors (Lipinski definition) is 3. The topological polar surface area (TPSA) is 28.2 Å². The molecule has 0 spiro atoms. The summed E-state index contributed by atoms with van der Waals surface area (Å²) in [6.07, 6.45) is 3.79.